The van der Waals surface area contributed by atoms with Crippen LogP contribution in [0.1, 0.15) is 20.8 Å². The van der Waals surface area contributed by atoms with Crippen molar-refractivity contribution in [3.63, 3.8) is 0 Å². The standard InChI is InChI=1S/C15H15Cl2F3N2O2/c1-7(2)14(13(24)15(18,19)20)21-8(3)12(23)22(14)11-5-9(16)4-10(17)6-11/h4-8,21H,1-3H3/t8-,14+/m1/s1. The third-order valence-corrected chi connectivity index (χ3v) is 4.36. The van der Waals surface area contributed by atoms with E-state index in [2.05, 4.69) is 5.32 Å². The first-order valence-corrected chi connectivity index (χ1v) is 7.86. The molecule has 1 N–H and O–H groups in total. The van der Waals surface area contributed by atoms with Crippen LogP contribution in [-0.2, 0) is 9.59 Å². The minimum absolute atomic E-state index is 0.0284. The van der Waals surface area contributed by atoms with Gasteiger partial charge in [-0.2, -0.15) is 13.2 Å². The molecule has 1 aromatic carbocycles. The van der Waals surface area contributed by atoms with E-state index in [1.807, 2.05) is 0 Å². The van der Waals surface area contributed by atoms with Crippen LogP contribution >= 0.6 is 23.2 Å². The summed E-state index contributed by atoms with van der Waals surface area (Å²) in [5.74, 6) is -3.57. The van der Waals surface area contributed by atoms with E-state index in [9.17, 15) is 22.8 Å². The number of nitrogens with zero attached hydrogens (tertiary/aromatic N) is 1. The van der Waals surface area contributed by atoms with Gasteiger partial charge in [0.2, 0.25) is 5.91 Å². The Labute approximate surface area is 146 Å². The summed E-state index contributed by atoms with van der Waals surface area (Å²) in [6.07, 6.45) is -5.12. The Bertz CT molecular complexity index is 674. The molecule has 1 heterocycles. The molecule has 24 heavy (non-hydrogen) atoms. The van der Waals surface area contributed by atoms with Gasteiger partial charge in [-0.25, -0.2) is 0 Å². The molecule has 0 radical (unpaired) electrons. The SMILES string of the molecule is CC(C)[C@]1(C(=O)C(F)(F)F)N[C@H](C)C(=O)N1c1cc(Cl)cc(Cl)c1. The molecular weight excluding hydrogens is 368 g/mol. The van der Waals surface area contributed by atoms with Gasteiger partial charge in [0.1, 0.15) is 0 Å². The molecule has 1 saturated heterocycles. The zero-order valence-electron chi connectivity index (χ0n) is 13.0. The second-order valence-electron chi connectivity index (χ2n) is 5.92. The fourth-order valence-electron chi connectivity index (χ4n) is 2.89. The van der Waals surface area contributed by atoms with Crippen molar-refractivity contribution < 1.29 is 22.8 Å². The van der Waals surface area contributed by atoms with Crippen molar-refractivity contribution in [1.82, 2.24) is 5.32 Å². The molecule has 0 aliphatic carbocycles. The summed E-state index contributed by atoms with van der Waals surface area (Å²) in [5.41, 5.74) is -2.23. The van der Waals surface area contributed by atoms with Crippen LogP contribution in [0.15, 0.2) is 18.2 Å². The minimum atomic E-state index is -5.12. The van der Waals surface area contributed by atoms with E-state index >= 15 is 0 Å². The number of ketones is 1. The molecule has 1 aliphatic heterocycles. The Morgan fingerprint density at radius 1 is 1.25 bits per heavy atom. The Morgan fingerprint density at radius 2 is 1.75 bits per heavy atom. The Morgan fingerprint density at radius 3 is 2.17 bits per heavy atom. The molecule has 0 saturated carbocycles. The first kappa shape index (κ1) is 19.0. The maximum Gasteiger partial charge on any atom is 0.454 e. The van der Waals surface area contributed by atoms with Crippen LogP contribution in [0.3, 0.4) is 0 Å². The molecule has 9 heteroatoms. The molecule has 0 spiro atoms. The number of nitrogens with one attached hydrogen (secondary N) is 1. The number of carbonyl (C=O) groups excluding carboxylic acids is 2. The molecule has 1 amide bonds. The quantitative estimate of drug-likeness (QED) is 0.864. The van der Waals surface area contributed by atoms with Gasteiger partial charge in [-0.15, -0.1) is 0 Å². The number of halogens is 5. The number of anilines is 1. The molecule has 0 unspecified atom stereocenters. The second-order valence-corrected chi connectivity index (χ2v) is 6.79. The Kier molecular flexibility index (Phi) is 4.92. The van der Waals surface area contributed by atoms with Crippen molar-refractivity contribution in [3.8, 4) is 0 Å². The van der Waals surface area contributed by atoms with E-state index in [0.29, 0.717) is 0 Å². The van der Waals surface area contributed by atoms with E-state index in [4.69, 9.17) is 23.2 Å². The summed E-state index contributed by atoms with van der Waals surface area (Å²) in [5, 5.41) is 2.81. The molecule has 1 fully saturated rings. The van der Waals surface area contributed by atoms with Crippen molar-refractivity contribution in [3.05, 3.63) is 28.2 Å². The monoisotopic (exact) mass is 382 g/mol. The lowest BCUT2D eigenvalue weighted by Crippen LogP contribution is -2.66. The number of rotatable bonds is 3. The molecule has 0 aromatic heterocycles. The van der Waals surface area contributed by atoms with E-state index in [1.165, 1.54) is 39.0 Å². The summed E-state index contributed by atoms with van der Waals surface area (Å²) < 4.78 is 39.7. The Balaban J connectivity index is 2.72. The van der Waals surface area contributed by atoms with E-state index < -0.39 is 35.5 Å². The van der Waals surface area contributed by atoms with Crippen LogP contribution < -0.4 is 10.2 Å². The highest BCUT2D eigenvalue weighted by Crippen LogP contribution is 2.40. The van der Waals surface area contributed by atoms with Gasteiger partial charge in [0, 0.05) is 15.7 Å². The summed E-state index contributed by atoms with van der Waals surface area (Å²) >= 11 is 11.8. The van der Waals surface area contributed by atoms with Crippen molar-refractivity contribution in [1.29, 1.82) is 0 Å². The van der Waals surface area contributed by atoms with Gasteiger partial charge in [0.05, 0.1) is 6.04 Å². The fraction of sp³-hybridized carbons (Fsp3) is 0.467. The summed E-state index contributed by atoms with van der Waals surface area (Å²) in [6, 6.07) is 3.00. The highest BCUT2D eigenvalue weighted by Gasteiger charge is 2.63. The van der Waals surface area contributed by atoms with Crippen LogP contribution in [-0.4, -0.2) is 29.6 Å². The van der Waals surface area contributed by atoms with Crippen LogP contribution in [0.4, 0.5) is 18.9 Å². The third kappa shape index (κ3) is 3.00. The van der Waals surface area contributed by atoms with Gasteiger partial charge in [0.15, 0.2) is 5.66 Å². The zero-order valence-corrected chi connectivity index (χ0v) is 14.6. The number of Topliss-reactive ketones (excluding diaryl/α,β-unsaturated/α-hetero) is 1. The number of amides is 1. The molecule has 4 nitrogen and oxygen atoms in total. The number of hydrogen-bond donors (Lipinski definition) is 1. The molecule has 1 aromatic rings. The van der Waals surface area contributed by atoms with Crippen molar-refractivity contribution >= 4 is 40.6 Å². The highest BCUT2D eigenvalue weighted by molar-refractivity contribution is 6.35. The highest BCUT2D eigenvalue weighted by atomic mass is 35.5. The first-order valence-electron chi connectivity index (χ1n) is 7.10. The van der Waals surface area contributed by atoms with Gasteiger partial charge in [0.25, 0.3) is 5.78 Å². The smallest absolute Gasteiger partial charge is 0.285 e. The molecule has 2 atom stereocenters. The number of carbonyl (C=O) groups is 2. The average molecular weight is 383 g/mol. The van der Waals surface area contributed by atoms with Crippen LogP contribution in [0.2, 0.25) is 10.0 Å². The minimum Gasteiger partial charge on any atom is -0.285 e. The van der Waals surface area contributed by atoms with Crippen LogP contribution in [0.5, 0.6) is 0 Å². The third-order valence-electron chi connectivity index (χ3n) is 3.92. The lowest BCUT2D eigenvalue weighted by atomic mass is 9.89. The summed E-state index contributed by atoms with van der Waals surface area (Å²) in [7, 11) is 0. The van der Waals surface area contributed by atoms with Crippen LogP contribution in [0, 0.1) is 5.92 Å². The van der Waals surface area contributed by atoms with Gasteiger partial charge >= 0.3 is 6.18 Å². The van der Waals surface area contributed by atoms with Gasteiger partial charge in [-0.3, -0.25) is 19.8 Å². The van der Waals surface area contributed by atoms with Gasteiger partial charge < -0.3 is 0 Å². The number of hydrogen-bond acceptors (Lipinski definition) is 3. The average Bonchev–Trinajstić information content (AvgIpc) is 2.69. The molecular formula is C15H15Cl2F3N2O2. The maximum absolute atomic E-state index is 13.2. The second kappa shape index (κ2) is 6.20. The molecule has 132 valence electrons. The van der Waals surface area contributed by atoms with E-state index in [-0.39, 0.29) is 15.7 Å². The zero-order chi connectivity index (χ0) is 18.4. The molecule has 1 aliphatic rings. The lowest BCUT2D eigenvalue weighted by molar-refractivity contribution is -0.179. The molecule has 0 bridgehead atoms. The van der Waals surface area contributed by atoms with Crippen LogP contribution in [0.25, 0.3) is 0 Å². The Hall–Kier alpha value is -1.31. The maximum atomic E-state index is 13.2. The summed E-state index contributed by atoms with van der Waals surface area (Å²) in [4.78, 5) is 25.6. The van der Waals surface area contributed by atoms with Crippen molar-refractivity contribution in [2.24, 2.45) is 5.92 Å². The topological polar surface area (TPSA) is 49.4 Å². The molecule has 2 rings (SSSR count). The van der Waals surface area contributed by atoms with E-state index in [1.54, 1.807) is 0 Å². The summed E-state index contributed by atoms with van der Waals surface area (Å²) in [6.45, 7) is 4.26. The number of alkyl halides is 3. The van der Waals surface area contributed by atoms with E-state index in [0.717, 1.165) is 4.90 Å². The van der Waals surface area contributed by atoms with Gasteiger partial charge in [-0.05, 0) is 31.0 Å². The van der Waals surface area contributed by atoms with Crippen molar-refractivity contribution in [2.75, 3.05) is 4.90 Å². The van der Waals surface area contributed by atoms with Gasteiger partial charge in [-0.1, -0.05) is 37.0 Å². The fourth-order valence-corrected chi connectivity index (χ4v) is 3.41. The predicted octanol–water partition coefficient (Wildman–Crippen LogP) is 3.80. The lowest BCUT2D eigenvalue weighted by Gasteiger charge is -2.40. The largest absolute Gasteiger partial charge is 0.454 e. The number of benzene rings is 1. The normalized spacial score (nSPS) is 24.8. The van der Waals surface area contributed by atoms with Crippen molar-refractivity contribution in [2.45, 2.75) is 38.7 Å². The predicted molar refractivity (Wildman–Crippen MR) is 85.2 cm³/mol. The first-order chi connectivity index (χ1) is 10.9.